The van der Waals surface area contributed by atoms with Gasteiger partial charge in [-0.05, 0) is 69.0 Å². The number of aryl methyl sites for hydroxylation is 3. The van der Waals surface area contributed by atoms with Gasteiger partial charge in [0.1, 0.15) is 6.04 Å². The summed E-state index contributed by atoms with van der Waals surface area (Å²) >= 11 is 5.86. The summed E-state index contributed by atoms with van der Waals surface area (Å²) in [7, 11) is -3.76. The number of hydrogen-bond donors (Lipinski definition) is 1. The van der Waals surface area contributed by atoms with E-state index in [0.29, 0.717) is 24.4 Å². The lowest BCUT2D eigenvalue weighted by molar-refractivity contribution is -0.119. The lowest BCUT2D eigenvalue weighted by Crippen LogP contribution is -2.43. The lowest BCUT2D eigenvalue weighted by atomic mass is 10.0. The number of halogens is 1. The van der Waals surface area contributed by atoms with E-state index in [1.165, 1.54) is 16.4 Å². The van der Waals surface area contributed by atoms with Crippen molar-refractivity contribution < 1.29 is 13.2 Å². The van der Waals surface area contributed by atoms with Crippen molar-refractivity contribution in [1.82, 2.24) is 4.31 Å². The first-order chi connectivity index (χ1) is 12.7. The first kappa shape index (κ1) is 19.9. The maximum atomic E-state index is 13.0. The van der Waals surface area contributed by atoms with Gasteiger partial charge in [-0.3, -0.25) is 4.79 Å². The highest BCUT2D eigenvalue weighted by molar-refractivity contribution is 7.89. The molecule has 144 valence electrons. The van der Waals surface area contributed by atoms with Gasteiger partial charge >= 0.3 is 0 Å². The molecule has 0 aliphatic carbocycles. The van der Waals surface area contributed by atoms with Gasteiger partial charge in [0.2, 0.25) is 15.9 Å². The fraction of sp³-hybridized carbons (Fsp3) is 0.350. The van der Waals surface area contributed by atoms with E-state index in [9.17, 15) is 13.2 Å². The van der Waals surface area contributed by atoms with Crippen molar-refractivity contribution in [3.05, 3.63) is 58.1 Å². The Labute approximate surface area is 165 Å². The number of sulfonamides is 1. The second-order valence-electron chi connectivity index (χ2n) is 6.99. The van der Waals surface area contributed by atoms with Crippen LogP contribution < -0.4 is 5.32 Å². The second-order valence-corrected chi connectivity index (χ2v) is 9.32. The molecule has 2 aromatic rings. The number of benzene rings is 2. The molecular weight excluding hydrogens is 384 g/mol. The maximum absolute atomic E-state index is 13.0. The zero-order valence-corrected chi connectivity index (χ0v) is 17.2. The molecule has 0 unspecified atom stereocenters. The number of nitrogens with zero attached hydrogens (tertiary/aromatic N) is 1. The summed E-state index contributed by atoms with van der Waals surface area (Å²) < 4.78 is 27.3. The van der Waals surface area contributed by atoms with Crippen molar-refractivity contribution in [3.63, 3.8) is 0 Å². The van der Waals surface area contributed by atoms with Gasteiger partial charge in [0.15, 0.2) is 0 Å². The van der Waals surface area contributed by atoms with Crippen LogP contribution in [0.5, 0.6) is 0 Å². The fourth-order valence-electron chi connectivity index (χ4n) is 3.62. The highest BCUT2D eigenvalue weighted by Crippen LogP contribution is 2.29. The molecule has 5 nitrogen and oxygen atoms in total. The second kappa shape index (κ2) is 7.62. The highest BCUT2D eigenvalue weighted by atomic mass is 35.5. The Morgan fingerprint density at radius 2 is 1.70 bits per heavy atom. The van der Waals surface area contributed by atoms with E-state index in [1.54, 1.807) is 12.1 Å². The molecule has 0 bridgehead atoms. The Bertz CT molecular complexity index is 948. The molecule has 27 heavy (non-hydrogen) atoms. The predicted molar refractivity (Wildman–Crippen MR) is 108 cm³/mol. The van der Waals surface area contributed by atoms with E-state index in [4.69, 9.17) is 11.6 Å². The molecule has 1 heterocycles. The van der Waals surface area contributed by atoms with Crippen LogP contribution in [0.2, 0.25) is 5.02 Å². The van der Waals surface area contributed by atoms with Gasteiger partial charge in [0.05, 0.1) is 4.90 Å². The van der Waals surface area contributed by atoms with Gasteiger partial charge in [0, 0.05) is 17.3 Å². The molecule has 1 atom stereocenters. The molecule has 1 amide bonds. The van der Waals surface area contributed by atoms with E-state index in [1.807, 2.05) is 32.9 Å². The molecule has 3 rings (SSSR count). The Morgan fingerprint density at radius 1 is 1.11 bits per heavy atom. The molecule has 0 aromatic heterocycles. The number of carbonyl (C=O) groups excluding carboxylic acids is 1. The number of nitrogens with one attached hydrogen (secondary N) is 1. The molecule has 7 heteroatoms. The van der Waals surface area contributed by atoms with Gasteiger partial charge < -0.3 is 5.32 Å². The van der Waals surface area contributed by atoms with Crippen LogP contribution in [0.25, 0.3) is 0 Å². The van der Waals surface area contributed by atoms with E-state index < -0.39 is 16.1 Å². The third kappa shape index (κ3) is 4.03. The zero-order valence-electron chi connectivity index (χ0n) is 15.6. The van der Waals surface area contributed by atoms with E-state index in [0.717, 1.165) is 22.4 Å². The van der Waals surface area contributed by atoms with Gasteiger partial charge in [0.25, 0.3) is 0 Å². The van der Waals surface area contributed by atoms with Gasteiger partial charge in [-0.25, -0.2) is 8.42 Å². The third-order valence-corrected chi connectivity index (χ3v) is 7.03. The molecular formula is C20H23ClN2O3S. The van der Waals surface area contributed by atoms with E-state index in [2.05, 4.69) is 5.32 Å². The van der Waals surface area contributed by atoms with Crippen molar-refractivity contribution in [2.24, 2.45) is 0 Å². The number of rotatable bonds is 4. The van der Waals surface area contributed by atoms with Crippen molar-refractivity contribution >= 4 is 33.2 Å². The number of carbonyl (C=O) groups is 1. The summed E-state index contributed by atoms with van der Waals surface area (Å²) in [5.41, 5.74) is 3.80. The van der Waals surface area contributed by atoms with Crippen LogP contribution in [0.3, 0.4) is 0 Å². The molecule has 1 N–H and O–H groups in total. The average Bonchev–Trinajstić information content (AvgIpc) is 3.09. The summed E-state index contributed by atoms with van der Waals surface area (Å²) in [6.45, 7) is 6.21. The summed E-state index contributed by atoms with van der Waals surface area (Å²) in [4.78, 5) is 13.1. The summed E-state index contributed by atoms with van der Waals surface area (Å²) in [6, 6.07) is 9.31. The molecule has 1 saturated heterocycles. The zero-order chi connectivity index (χ0) is 19.8. The Kier molecular flexibility index (Phi) is 5.60. The van der Waals surface area contributed by atoms with Crippen LogP contribution in [0, 0.1) is 20.8 Å². The van der Waals surface area contributed by atoms with Crippen LogP contribution in [0.15, 0.2) is 41.3 Å². The quantitative estimate of drug-likeness (QED) is 0.832. The van der Waals surface area contributed by atoms with Crippen LogP contribution in [0.4, 0.5) is 5.69 Å². The van der Waals surface area contributed by atoms with Crippen molar-refractivity contribution in [2.75, 3.05) is 11.9 Å². The first-order valence-corrected chi connectivity index (χ1v) is 10.7. The minimum atomic E-state index is -3.76. The molecule has 0 spiro atoms. The molecule has 1 aliphatic rings. The van der Waals surface area contributed by atoms with Gasteiger partial charge in [-0.1, -0.05) is 29.3 Å². The molecule has 0 saturated carbocycles. The highest BCUT2D eigenvalue weighted by Gasteiger charge is 2.39. The minimum absolute atomic E-state index is 0.147. The Morgan fingerprint density at radius 3 is 2.30 bits per heavy atom. The van der Waals surface area contributed by atoms with E-state index in [-0.39, 0.29) is 10.8 Å². The minimum Gasteiger partial charge on any atom is -0.324 e. The Balaban J connectivity index is 1.86. The number of hydrogen-bond acceptors (Lipinski definition) is 3. The van der Waals surface area contributed by atoms with Crippen molar-refractivity contribution in [3.8, 4) is 0 Å². The summed E-state index contributed by atoms with van der Waals surface area (Å²) in [6.07, 6.45) is 1.15. The summed E-state index contributed by atoms with van der Waals surface area (Å²) in [5, 5.41) is 3.41. The topological polar surface area (TPSA) is 66.5 Å². The van der Waals surface area contributed by atoms with Crippen molar-refractivity contribution in [2.45, 2.75) is 44.6 Å². The normalized spacial score (nSPS) is 17.9. The van der Waals surface area contributed by atoms with Gasteiger partial charge in [-0.15, -0.1) is 0 Å². The third-order valence-electron chi connectivity index (χ3n) is 4.85. The van der Waals surface area contributed by atoms with Crippen molar-refractivity contribution in [1.29, 1.82) is 0 Å². The fourth-order valence-corrected chi connectivity index (χ4v) is 5.40. The predicted octanol–water partition coefficient (Wildman–Crippen LogP) is 4.06. The largest absolute Gasteiger partial charge is 0.324 e. The molecule has 2 aromatic carbocycles. The standard InChI is InChI=1S/C20H23ClN2O3S/c1-13-11-14(2)19(15(3)12-13)22-20(24)18-5-4-10-23(18)27(25,26)17-8-6-16(21)7-9-17/h6-9,11-12,18H,4-5,10H2,1-3H3,(H,22,24)/t18-/m1/s1. The number of amides is 1. The number of anilines is 1. The maximum Gasteiger partial charge on any atom is 0.243 e. The molecule has 0 radical (unpaired) electrons. The average molecular weight is 407 g/mol. The summed E-state index contributed by atoms with van der Waals surface area (Å²) in [5.74, 6) is -0.292. The van der Waals surface area contributed by atoms with Crippen LogP contribution >= 0.6 is 11.6 Å². The lowest BCUT2D eigenvalue weighted by Gasteiger charge is -2.24. The van der Waals surface area contributed by atoms with Gasteiger partial charge in [-0.2, -0.15) is 4.31 Å². The van der Waals surface area contributed by atoms with Crippen LogP contribution in [0.1, 0.15) is 29.5 Å². The van der Waals surface area contributed by atoms with E-state index >= 15 is 0 Å². The Hall–Kier alpha value is -1.89. The first-order valence-electron chi connectivity index (χ1n) is 8.86. The van der Waals surface area contributed by atoms with Crippen LogP contribution in [-0.4, -0.2) is 31.2 Å². The molecule has 1 aliphatic heterocycles. The molecule has 1 fully saturated rings. The smallest absolute Gasteiger partial charge is 0.243 e. The van der Waals surface area contributed by atoms with Crippen LogP contribution in [-0.2, 0) is 14.8 Å². The monoisotopic (exact) mass is 406 g/mol. The SMILES string of the molecule is Cc1cc(C)c(NC(=O)[C@H]2CCCN2S(=O)(=O)c2ccc(Cl)cc2)c(C)c1.